The van der Waals surface area contributed by atoms with Crippen LogP contribution in [0.15, 0.2) is 70.9 Å². The lowest BCUT2D eigenvalue weighted by molar-refractivity contribution is -0.148. The van der Waals surface area contributed by atoms with Crippen LogP contribution in [0.4, 0.5) is 26.3 Å². The third-order valence-corrected chi connectivity index (χ3v) is 7.12. The van der Waals surface area contributed by atoms with Gasteiger partial charge in [0.05, 0.1) is 25.0 Å². The van der Waals surface area contributed by atoms with Crippen LogP contribution >= 0.6 is 0 Å². The average molecular weight is 619 g/mol. The van der Waals surface area contributed by atoms with Crippen LogP contribution in [0.25, 0.3) is 0 Å². The molecule has 4 aromatic rings. The van der Waals surface area contributed by atoms with Crippen molar-refractivity contribution < 1.29 is 35.8 Å². The van der Waals surface area contributed by atoms with Crippen molar-refractivity contribution in [3.8, 4) is 0 Å². The minimum Gasteiger partial charge on any atom is -0.480 e. The number of alkyl halides is 6. The molecule has 16 heteroatoms. The molecule has 0 bridgehead atoms. The molecular weight excluding hydrogens is 594 g/mol. The van der Waals surface area contributed by atoms with E-state index in [-0.39, 0.29) is 49.5 Å². The Labute approximate surface area is 246 Å². The topological polar surface area (TPSA) is 105 Å². The Morgan fingerprint density at radius 2 is 0.977 bits per heavy atom. The van der Waals surface area contributed by atoms with E-state index in [0.717, 1.165) is 11.1 Å². The van der Waals surface area contributed by atoms with Crippen LogP contribution in [0, 0.1) is 0 Å². The first-order valence-electron chi connectivity index (χ1n) is 13.7. The summed E-state index contributed by atoms with van der Waals surface area (Å²) in [6.45, 7) is 0.241. The number of unbranched alkanes of at least 4 members (excludes halogenated alkanes) is 1. The zero-order chi connectivity index (χ0) is 30.9. The molecule has 0 radical (unpaired) electrons. The van der Waals surface area contributed by atoms with Crippen LogP contribution in [-0.4, -0.2) is 54.8 Å². The second kappa shape index (κ2) is 11.7. The molecule has 0 aliphatic carbocycles. The van der Waals surface area contributed by atoms with Crippen molar-refractivity contribution >= 4 is 11.8 Å². The molecule has 2 unspecified atom stereocenters. The van der Waals surface area contributed by atoms with E-state index in [9.17, 15) is 26.3 Å². The van der Waals surface area contributed by atoms with Crippen LogP contribution in [0.3, 0.4) is 0 Å². The molecule has 2 aromatic carbocycles. The predicted octanol–water partition coefficient (Wildman–Crippen LogP) is 5.82. The molecule has 230 valence electrons. The fourth-order valence-corrected chi connectivity index (χ4v) is 5.07. The fourth-order valence-electron chi connectivity index (χ4n) is 5.07. The van der Waals surface area contributed by atoms with Crippen molar-refractivity contribution in [1.29, 1.82) is 0 Å². The van der Waals surface area contributed by atoms with E-state index >= 15 is 0 Å². The molecular formula is C28H24F6N8O2. The van der Waals surface area contributed by atoms with Crippen LogP contribution in [0.5, 0.6) is 0 Å². The molecule has 0 fully saturated rings. The van der Waals surface area contributed by atoms with E-state index in [2.05, 4.69) is 30.6 Å². The molecule has 0 saturated heterocycles. The zero-order valence-corrected chi connectivity index (χ0v) is 22.8. The maximum Gasteiger partial charge on any atom is 0.453 e. The Morgan fingerprint density at radius 3 is 1.34 bits per heavy atom. The van der Waals surface area contributed by atoms with E-state index in [1.807, 2.05) is 0 Å². The van der Waals surface area contributed by atoms with E-state index in [1.54, 1.807) is 60.7 Å². The largest absolute Gasteiger partial charge is 0.480 e. The summed E-state index contributed by atoms with van der Waals surface area (Å²) in [6, 6.07) is 17.9. The van der Waals surface area contributed by atoms with E-state index in [1.165, 1.54) is 0 Å². The van der Waals surface area contributed by atoms with Crippen molar-refractivity contribution in [2.24, 2.45) is 10.2 Å². The summed E-state index contributed by atoms with van der Waals surface area (Å²) < 4.78 is 94.2. The maximum atomic E-state index is 13.6. The number of rotatable bonds is 7. The molecule has 2 aromatic heterocycles. The number of hydrogen-bond acceptors (Lipinski definition) is 8. The second-order valence-electron chi connectivity index (χ2n) is 10.1. The molecule has 0 saturated carbocycles. The van der Waals surface area contributed by atoms with Gasteiger partial charge < -0.3 is 9.47 Å². The summed E-state index contributed by atoms with van der Waals surface area (Å²) >= 11 is 0. The maximum absolute atomic E-state index is 13.6. The highest BCUT2D eigenvalue weighted by molar-refractivity contribution is 5.79. The predicted molar refractivity (Wildman–Crippen MR) is 143 cm³/mol. The molecule has 44 heavy (non-hydrogen) atoms. The first kappa shape index (κ1) is 29.3. The summed E-state index contributed by atoms with van der Waals surface area (Å²) in [6.07, 6.45) is -8.28. The van der Waals surface area contributed by atoms with Gasteiger partial charge in [-0.05, 0) is 24.0 Å². The van der Waals surface area contributed by atoms with Crippen molar-refractivity contribution in [3.05, 3.63) is 95.1 Å². The average Bonchev–Trinajstić information content (AvgIpc) is 3.64. The van der Waals surface area contributed by atoms with Gasteiger partial charge in [0, 0.05) is 12.8 Å². The molecule has 0 spiro atoms. The van der Waals surface area contributed by atoms with Crippen LogP contribution in [0.1, 0.15) is 71.9 Å². The minimum atomic E-state index is -4.76. The SMILES string of the molecule is FC(F)(F)c1nnc2n1N=C(OCCCCOC1=Nn3c(nnc3C(F)(F)F)C(c3ccccc3)C1)CC2c1ccccc1. The van der Waals surface area contributed by atoms with Crippen molar-refractivity contribution in [3.63, 3.8) is 0 Å². The lowest BCUT2D eigenvalue weighted by Crippen LogP contribution is -2.25. The summed E-state index contributed by atoms with van der Waals surface area (Å²) in [5.74, 6) is -3.24. The smallest absolute Gasteiger partial charge is 0.453 e. The number of hydrogen-bond donors (Lipinski definition) is 0. The molecule has 6 rings (SSSR count). The Bertz CT molecular complexity index is 1540. The summed E-state index contributed by atoms with van der Waals surface area (Å²) in [4.78, 5) is 0. The fraction of sp³-hybridized carbons (Fsp3) is 0.357. The van der Waals surface area contributed by atoms with Crippen LogP contribution in [-0.2, 0) is 21.8 Å². The minimum absolute atomic E-state index is 0.0660. The second-order valence-corrected chi connectivity index (χ2v) is 10.1. The first-order valence-corrected chi connectivity index (χ1v) is 13.7. The van der Waals surface area contributed by atoms with Gasteiger partial charge in [0.1, 0.15) is 0 Å². The van der Waals surface area contributed by atoms with Gasteiger partial charge in [0.2, 0.25) is 11.8 Å². The van der Waals surface area contributed by atoms with Gasteiger partial charge in [-0.1, -0.05) is 60.7 Å². The van der Waals surface area contributed by atoms with Gasteiger partial charge in [-0.2, -0.15) is 35.7 Å². The standard InChI is InChI=1S/C28H24F6N8O2/c29-27(30,31)25-37-35-23-19(17-9-3-1-4-10-17)15-21(39-41(23)25)43-13-7-8-14-44-22-16-20(18-11-5-2-6-12-18)24-36-38-26(28(32,33)34)42(24)40-22/h1-6,9-12,19-20H,7-8,13-16H2. The van der Waals surface area contributed by atoms with E-state index < -0.39 is 35.8 Å². The Hall–Kier alpha value is -4.76. The van der Waals surface area contributed by atoms with Crippen molar-refractivity contribution in [2.75, 3.05) is 13.2 Å². The van der Waals surface area contributed by atoms with Crippen molar-refractivity contribution in [2.45, 2.75) is 49.9 Å². The van der Waals surface area contributed by atoms with Crippen LogP contribution in [0.2, 0.25) is 0 Å². The molecule has 2 aliphatic heterocycles. The van der Waals surface area contributed by atoms with Gasteiger partial charge in [0.25, 0.3) is 11.6 Å². The zero-order valence-electron chi connectivity index (χ0n) is 22.8. The lowest BCUT2D eigenvalue weighted by atomic mass is 9.94. The molecule has 10 nitrogen and oxygen atoms in total. The quantitative estimate of drug-likeness (QED) is 0.191. The van der Waals surface area contributed by atoms with Gasteiger partial charge in [-0.25, -0.2) is 0 Å². The van der Waals surface area contributed by atoms with Gasteiger partial charge in [-0.3, -0.25) is 0 Å². The number of aromatic nitrogens is 6. The van der Waals surface area contributed by atoms with Crippen molar-refractivity contribution in [1.82, 2.24) is 29.7 Å². The summed E-state index contributed by atoms with van der Waals surface area (Å²) in [5.41, 5.74) is 1.48. The normalized spacial score (nSPS) is 18.2. The third kappa shape index (κ3) is 6.01. The molecule has 0 N–H and O–H groups in total. The Kier molecular flexibility index (Phi) is 7.82. The molecule has 4 heterocycles. The summed E-state index contributed by atoms with van der Waals surface area (Å²) in [5, 5.41) is 22.2. The number of benzene rings is 2. The third-order valence-electron chi connectivity index (χ3n) is 7.12. The monoisotopic (exact) mass is 618 g/mol. The highest BCUT2D eigenvalue weighted by atomic mass is 19.4. The first-order chi connectivity index (χ1) is 21.1. The molecule has 2 atom stereocenters. The van der Waals surface area contributed by atoms with Crippen LogP contribution < -0.4 is 0 Å². The highest BCUT2D eigenvalue weighted by Crippen LogP contribution is 2.37. The highest BCUT2D eigenvalue weighted by Gasteiger charge is 2.43. The number of ether oxygens (including phenoxy) is 2. The Balaban J connectivity index is 1.09. The van der Waals surface area contributed by atoms with E-state index in [0.29, 0.717) is 22.2 Å². The summed E-state index contributed by atoms with van der Waals surface area (Å²) in [7, 11) is 0. The number of nitrogens with zero attached hydrogens (tertiary/aromatic N) is 8. The molecule has 2 aliphatic rings. The lowest BCUT2D eigenvalue weighted by Gasteiger charge is -2.23. The van der Waals surface area contributed by atoms with E-state index in [4.69, 9.17) is 9.47 Å². The van der Waals surface area contributed by atoms with Gasteiger partial charge in [-0.15, -0.1) is 30.6 Å². The molecule has 0 amide bonds. The Morgan fingerprint density at radius 1 is 0.591 bits per heavy atom. The number of halogens is 6. The van der Waals surface area contributed by atoms with Gasteiger partial charge >= 0.3 is 12.4 Å². The number of fused-ring (bicyclic) bond motifs is 2. The van der Waals surface area contributed by atoms with Gasteiger partial charge in [0.15, 0.2) is 11.6 Å².